The van der Waals surface area contributed by atoms with Gasteiger partial charge in [-0.1, -0.05) is 106 Å². The van der Waals surface area contributed by atoms with Crippen molar-refractivity contribution in [1.29, 1.82) is 0 Å². The molecule has 1 radical (unpaired) electrons. The van der Waals surface area contributed by atoms with Gasteiger partial charge in [0.2, 0.25) is 0 Å². The molecule has 4 aliphatic carbocycles. The van der Waals surface area contributed by atoms with Gasteiger partial charge in [-0.25, -0.2) is 0 Å². The van der Waals surface area contributed by atoms with E-state index in [1.807, 2.05) is 0 Å². The molecule has 2 aromatic rings. The maximum absolute atomic E-state index is 3.73. The second-order valence-corrected chi connectivity index (χ2v) is 12.5. The van der Waals surface area contributed by atoms with Crippen LogP contribution in [0.5, 0.6) is 0 Å². The van der Waals surface area contributed by atoms with Gasteiger partial charge in [0.25, 0.3) is 0 Å². The van der Waals surface area contributed by atoms with Crippen LogP contribution >= 0.6 is 0 Å². The molecule has 0 heterocycles. The SMILES string of the molecule is [c]1ccccc1C1CC(c2ccccc2)(C2CCCCC2)C(C2CCCCC2)(C2CCCC2)C1. The molecular weight excluding hydrogens is 408 g/mol. The Morgan fingerprint density at radius 3 is 1.71 bits per heavy atom. The van der Waals surface area contributed by atoms with E-state index < -0.39 is 0 Å². The van der Waals surface area contributed by atoms with Crippen molar-refractivity contribution < 1.29 is 0 Å². The lowest BCUT2D eigenvalue weighted by molar-refractivity contribution is -0.0541. The Hall–Kier alpha value is -1.56. The summed E-state index contributed by atoms with van der Waals surface area (Å²) in [6.07, 6.45) is 23.4. The second-order valence-electron chi connectivity index (χ2n) is 12.5. The Labute approximate surface area is 208 Å². The zero-order valence-electron chi connectivity index (χ0n) is 21.3. The van der Waals surface area contributed by atoms with E-state index in [0.717, 1.165) is 17.8 Å². The fraction of sp³-hybridized carbons (Fsp3) is 0.647. The first kappa shape index (κ1) is 22.9. The first-order valence-corrected chi connectivity index (χ1v) is 14.9. The minimum atomic E-state index is 0.347. The molecule has 0 saturated heterocycles. The van der Waals surface area contributed by atoms with Crippen LogP contribution in [0.2, 0.25) is 0 Å². The predicted octanol–water partition coefficient (Wildman–Crippen LogP) is 9.64. The molecular formula is C34H45. The van der Waals surface area contributed by atoms with E-state index in [2.05, 4.69) is 60.7 Å². The number of benzene rings is 2. The minimum absolute atomic E-state index is 0.347. The summed E-state index contributed by atoms with van der Waals surface area (Å²) in [6, 6.07) is 24.9. The van der Waals surface area contributed by atoms with Crippen LogP contribution < -0.4 is 0 Å². The van der Waals surface area contributed by atoms with Crippen LogP contribution in [-0.4, -0.2) is 0 Å². The van der Waals surface area contributed by atoms with Crippen molar-refractivity contribution in [2.45, 2.75) is 114 Å². The van der Waals surface area contributed by atoms with Gasteiger partial charge in [0.05, 0.1) is 0 Å². The van der Waals surface area contributed by atoms with Crippen molar-refractivity contribution in [3.63, 3.8) is 0 Å². The minimum Gasteiger partial charge on any atom is -0.0622 e. The molecule has 181 valence electrons. The lowest BCUT2D eigenvalue weighted by Crippen LogP contribution is -2.55. The Kier molecular flexibility index (Phi) is 6.61. The van der Waals surface area contributed by atoms with Crippen molar-refractivity contribution >= 4 is 0 Å². The highest BCUT2D eigenvalue weighted by Crippen LogP contribution is 2.73. The zero-order valence-corrected chi connectivity index (χ0v) is 21.3. The molecule has 4 fully saturated rings. The van der Waals surface area contributed by atoms with Crippen molar-refractivity contribution in [2.75, 3.05) is 0 Å². The highest BCUT2D eigenvalue weighted by atomic mass is 14.7. The fourth-order valence-corrected chi connectivity index (χ4v) is 10.1. The fourth-order valence-electron chi connectivity index (χ4n) is 10.1. The summed E-state index contributed by atoms with van der Waals surface area (Å²) in [5.74, 6) is 3.37. The largest absolute Gasteiger partial charge is 0.0622 e. The van der Waals surface area contributed by atoms with Crippen LogP contribution in [0.25, 0.3) is 0 Å². The molecule has 6 rings (SSSR count). The molecule has 3 unspecified atom stereocenters. The first-order valence-electron chi connectivity index (χ1n) is 14.9. The third-order valence-corrected chi connectivity index (χ3v) is 11.2. The number of hydrogen-bond donors (Lipinski definition) is 0. The summed E-state index contributed by atoms with van der Waals surface area (Å²) in [5, 5.41) is 0. The van der Waals surface area contributed by atoms with E-state index in [-0.39, 0.29) is 0 Å². The van der Waals surface area contributed by atoms with E-state index in [0.29, 0.717) is 16.7 Å². The summed E-state index contributed by atoms with van der Waals surface area (Å²) >= 11 is 0. The highest BCUT2D eigenvalue weighted by molar-refractivity contribution is 5.38. The molecule has 0 spiro atoms. The quantitative estimate of drug-likeness (QED) is 0.422. The molecule has 0 amide bonds. The normalized spacial score (nSPS) is 33.9. The van der Waals surface area contributed by atoms with Crippen LogP contribution in [0.15, 0.2) is 54.6 Å². The molecule has 0 aliphatic heterocycles. The van der Waals surface area contributed by atoms with Crippen LogP contribution in [0.1, 0.15) is 120 Å². The molecule has 4 aliphatic rings. The third-order valence-electron chi connectivity index (χ3n) is 11.2. The van der Waals surface area contributed by atoms with Gasteiger partial charge in [0.15, 0.2) is 0 Å². The molecule has 0 bridgehead atoms. The second kappa shape index (κ2) is 9.83. The molecule has 34 heavy (non-hydrogen) atoms. The lowest BCUT2D eigenvalue weighted by Gasteiger charge is -2.59. The first-order chi connectivity index (χ1) is 16.8. The van der Waals surface area contributed by atoms with Gasteiger partial charge in [0.1, 0.15) is 0 Å². The standard InChI is InChI=1S/C34H45/c1-5-15-27(16-6-1)28-25-33(29-17-7-2-8-18-29,30-19-9-3-10-20-30)34(26-28,32-23-13-14-24-32)31-21-11-4-12-22-31/h1-2,5-8,15,17-18,28,30-32H,3-4,9-14,19-26H2. The van der Waals surface area contributed by atoms with Crippen LogP contribution in [0.4, 0.5) is 0 Å². The van der Waals surface area contributed by atoms with Gasteiger partial charge in [-0.05, 0) is 97.6 Å². The van der Waals surface area contributed by atoms with Crippen molar-refractivity contribution in [3.8, 4) is 0 Å². The van der Waals surface area contributed by atoms with Gasteiger partial charge in [-0.2, -0.15) is 0 Å². The average Bonchev–Trinajstić information content (AvgIpc) is 3.59. The monoisotopic (exact) mass is 453 g/mol. The van der Waals surface area contributed by atoms with Crippen molar-refractivity contribution in [1.82, 2.24) is 0 Å². The smallest absolute Gasteiger partial charge is 0.00489 e. The van der Waals surface area contributed by atoms with E-state index in [1.165, 1.54) is 108 Å². The summed E-state index contributed by atoms with van der Waals surface area (Å²) in [6.45, 7) is 0. The molecule has 2 aromatic carbocycles. The summed E-state index contributed by atoms with van der Waals surface area (Å²) in [4.78, 5) is 0. The molecule has 3 atom stereocenters. The van der Waals surface area contributed by atoms with Crippen LogP contribution in [0.3, 0.4) is 0 Å². The van der Waals surface area contributed by atoms with Crippen LogP contribution in [0, 0.1) is 29.2 Å². The molecule has 0 heteroatoms. The Bertz CT molecular complexity index is 898. The average molecular weight is 454 g/mol. The van der Waals surface area contributed by atoms with Gasteiger partial charge in [-0.3, -0.25) is 0 Å². The summed E-state index contributed by atoms with van der Waals surface area (Å²) in [7, 11) is 0. The topological polar surface area (TPSA) is 0 Å². The molecule has 4 saturated carbocycles. The van der Waals surface area contributed by atoms with Crippen molar-refractivity contribution in [2.24, 2.45) is 23.2 Å². The van der Waals surface area contributed by atoms with Gasteiger partial charge < -0.3 is 0 Å². The summed E-state index contributed by atoms with van der Waals surface area (Å²) in [5.41, 5.74) is 4.05. The zero-order chi connectivity index (χ0) is 22.8. The van der Waals surface area contributed by atoms with Crippen LogP contribution in [-0.2, 0) is 5.41 Å². The van der Waals surface area contributed by atoms with Crippen molar-refractivity contribution in [3.05, 3.63) is 71.8 Å². The maximum Gasteiger partial charge on any atom is 0.00489 e. The maximum atomic E-state index is 3.73. The number of rotatable bonds is 5. The van der Waals surface area contributed by atoms with Gasteiger partial charge in [0, 0.05) is 5.41 Å². The molecule has 0 N–H and O–H groups in total. The number of hydrogen-bond acceptors (Lipinski definition) is 0. The predicted molar refractivity (Wildman–Crippen MR) is 143 cm³/mol. The molecule has 0 nitrogen and oxygen atoms in total. The Balaban J connectivity index is 1.58. The third kappa shape index (κ3) is 3.70. The Morgan fingerprint density at radius 1 is 0.559 bits per heavy atom. The van der Waals surface area contributed by atoms with E-state index >= 15 is 0 Å². The lowest BCUT2D eigenvalue weighted by atomic mass is 9.44. The highest BCUT2D eigenvalue weighted by Gasteiger charge is 2.66. The molecule has 0 aromatic heterocycles. The summed E-state index contributed by atoms with van der Waals surface area (Å²) < 4.78 is 0. The van der Waals surface area contributed by atoms with E-state index in [9.17, 15) is 0 Å². The van der Waals surface area contributed by atoms with E-state index in [4.69, 9.17) is 0 Å². The van der Waals surface area contributed by atoms with Gasteiger partial charge in [-0.15, -0.1) is 0 Å². The Morgan fingerprint density at radius 2 is 1.12 bits per heavy atom. The van der Waals surface area contributed by atoms with E-state index in [1.54, 1.807) is 5.56 Å². The van der Waals surface area contributed by atoms with Gasteiger partial charge >= 0.3 is 0 Å².